The van der Waals surface area contributed by atoms with Crippen molar-refractivity contribution in [1.29, 1.82) is 0 Å². The summed E-state index contributed by atoms with van der Waals surface area (Å²) in [4.78, 5) is 11.1. The molecule has 154 valence electrons. The molecule has 4 aromatic rings. The fourth-order valence-corrected chi connectivity index (χ4v) is 4.41. The molecule has 1 saturated heterocycles. The highest BCUT2D eigenvalue weighted by atomic mass is 32.1. The number of hydrogen-bond donors (Lipinski definition) is 1. The van der Waals surface area contributed by atoms with Crippen molar-refractivity contribution in [2.45, 2.75) is 12.1 Å². The smallest absolute Gasteiger partial charge is 0.174 e. The van der Waals surface area contributed by atoms with Crippen molar-refractivity contribution in [3.8, 4) is 11.4 Å². The van der Waals surface area contributed by atoms with Gasteiger partial charge in [-0.2, -0.15) is 0 Å². The van der Waals surface area contributed by atoms with Gasteiger partial charge in [0.05, 0.1) is 30.7 Å². The quantitative estimate of drug-likeness (QED) is 0.475. The van der Waals surface area contributed by atoms with Gasteiger partial charge in [0.15, 0.2) is 5.11 Å². The van der Waals surface area contributed by atoms with Crippen molar-refractivity contribution in [2.75, 3.05) is 12.0 Å². The van der Waals surface area contributed by atoms with Gasteiger partial charge in [0.2, 0.25) is 0 Å². The summed E-state index contributed by atoms with van der Waals surface area (Å²) in [7, 11) is 1.67. The topological polar surface area (TPSA) is 55.2 Å². The third-order valence-corrected chi connectivity index (χ3v) is 5.75. The zero-order chi connectivity index (χ0) is 21.2. The number of hydrogen-bond acceptors (Lipinski definition) is 4. The number of nitrogens with one attached hydrogen (secondary N) is 1. The molecule has 2 atom stereocenters. The highest BCUT2D eigenvalue weighted by molar-refractivity contribution is 7.80. The molecule has 1 N–H and O–H groups in total. The first-order valence-electron chi connectivity index (χ1n) is 9.98. The van der Waals surface area contributed by atoms with Crippen LogP contribution in [0, 0.1) is 0 Å². The van der Waals surface area contributed by atoms with Crippen LogP contribution in [-0.4, -0.2) is 26.8 Å². The second kappa shape index (κ2) is 8.20. The lowest BCUT2D eigenvalue weighted by Crippen LogP contribution is -2.30. The molecule has 0 radical (unpaired) electrons. The molecule has 0 unspecified atom stereocenters. The van der Waals surface area contributed by atoms with Gasteiger partial charge >= 0.3 is 0 Å². The largest absolute Gasteiger partial charge is 0.497 e. The van der Waals surface area contributed by atoms with E-state index >= 15 is 0 Å². The Morgan fingerprint density at radius 1 is 0.968 bits per heavy atom. The van der Waals surface area contributed by atoms with Crippen LogP contribution < -0.4 is 15.0 Å². The lowest BCUT2D eigenvalue weighted by Gasteiger charge is -2.29. The van der Waals surface area contributed by atoms with Crippen LogP contribution in [-0.2, 0) is 0 Å². The summed E-state index contributed by atoms with van der Waals surface area (Å²) >= 11 is 5.81. The molecular weight excluding hydrogens is 406 g/mol. The zero-order valence-electron chi connectivity index (χ0n) is 16.9. The summed E-state index contributed by atoms with van der Waals surface area (Å²) in [5, 5.41) is 4.14. The first-order valence-corrected chi connectivity index (χ1v) is 10.4. The molecule has 4 heterocycles. The monoisotopic (exact) mass is 427 g/mol. The minimum Gasteiger partial charge on any atom is -0.497 e. The Labute approximate surface area is 186 Å². The standard InChI is InChI=1S/C24H21N5OS/c1-30-19-9-4-7-17(15-19)29-23(22(27-24(29)31)20-10-2-3-13-26-20)21-11-6-14-28(21)18-8-5-12-25-16-18/h2-16,22-23H,1H3,(H,27,31)/t22-,23-/m1/s1. The molecule has 1 aliphatic rings. The number of thiocarbonyl (C=S) groups is 1. The van der Waals surface area contributed by atoms with Crippen molar-refractivity contribution in [2.24, 2.45) is 0 Å². The molecule has 0 amide bonds. The van der Waals surface area contributed by atoms with E-state index in [1.165, 1.54) is 0 Å². The van der Waals surface area contributed by atoms with Gasteiger partial charge in [-0.05, 0) is 60.7 Å². The average Bonchev–Trinajstić information content (AvgIpc) is 3.44. The number of anilines is 1. The third-order valence-electron chi connectivity index (χ3n) is 5.44. The number of pyridine rings is 2. The number of nitrogens with zero attached hydrogens (tertiary/aromatic N) is 4. The van der Waals surface area contributed by atoms with Crippen LogP contribution >= 0.6 is 12.2 Å². The Hall–Kier alpha value is -3.71. The lowest BCUT2D eigenvalue weighted by molar-refractivity contribution is 0.414. The number of methoxy groups -OCH3 is 1. The Morgan fingerprint density at radius 3 is 2.65 bits per heavy atom. The maximum Gasteiger partial charge on any atom is 0.174 e. The summed E-state index contributed by atoms with van der Waals surface area (Å²) in [6, 6.07) is 21.8. The van der Waals surface area contributed by atoms with Crippen LogP contribution in [0.1, 0.15) is 23.5 Å². The molecule has 0 bridgehead atoms. The van der Waals surface area contributed by atoms with Crippen LogP contribution in [0.2, 0.25) is 0 Å². The van der Waals surface area contributed by atoms with Crippen molar-refractivity contribution in [1.82, 2.24) is 19.9 Å². The Balaban J connectivity index is 1.67. The molecule has 0 spiro atoms. The minimum absolute atomic E-state index is 0.120. The second-order valence-corrected chi connectivity index (χ2v) is 7.60. The predicted molar refractivity (Wildman–Crippen MR) is 124 cm³/mol. The fraction of sp³-hybridized carbons (Fsp3) is 0.125. The Kier molecular flexibility index (Phi) is 5.09. The highest BCUT2D eigenvalue weighted by Gasteiger charge is 2.42. The van der Waals surface area contributed by atoms with Gasteiger partial charge in [-0.15, -0.1) is 0 Å². The van der Waals surface area contributed by atoms with E-state index in [2.05, 4.69) is 30.8 Å². The molecule has 1 fully saturated rings. The van der Waals surface area contributed by atoms with E-state index in [0.29, 0.717) is 5.11 Å². The third kappa shape index (κ3) is 3.53. The van der Waals surface area contributed by atoms with Crippen molar-refractivity contribution >= 4 is 23.0 Å². The van der Waals surface area contributed by atoms with Crippen LogP contribution in [0.4, 0.5) is 5.69 Å². The summed E-state index contributed by atoms with van der Waals surface area (Å²) < 4.78 is 7.61. The van der Waals surface area contributed by atoms with Crippen LogP contribution in [0.5, 0.6) is 5.75 Å². The van der Waals surface area contributed by atoms with Crippen LogP contribution in [0.3, 0.4) is 0 Å². The van der Waals surface area contributed by atoms with E-state index < -0.39 is 0 Å². The molecule has 0 aliphatic carbocycles. The van der Waals surface area contributed by atoms with Gasteiger partial charge in [0.1, 0.15) is 11.8 Å². The minimum atomic E-state index is -0.121. The van der Waals surface area contributed by atoms with Gasteiger partial charge in [0.25, 0.3) is 0 Å². The molecule has 6 nitrogen and oxygen atoms in total. The van der Waals surface area contributed by atoms with E-state index in [9.17, 15) is 0 Å². The SMILES string of the molecule is COc1cccc(N2C(=S)N[C@H](c3ccccn3)[C@H]2c2cccn2-c2cccnc2)c1. The van der Waals surface area contributed by atoms with Gasteiger partial charge in [-0.25, -0.2) is 0 Å². The summed E-state index contributed by atoms with van der Waals surface area (Å²) in [5.41, 5.74) is 3.96. The number of aromatic nitrogens is 3. The molecule has 7 heteroatoms. The summed E-state index contributed by atoms with van der Waals surface area (Å²) in [6.45, 7) is 0. The second-order valence-electron chi connectivity index (χ2n) is 7.21. The van der Waals surface area contributed by atoms with Gasteiger partial charge < -0.3 is 19.5 Å². The Bertz CT molecular complexity index is 1190. The molecule has 31 heavy (non-hydrogen) atoms. The van der Waals surface area contributed by atoms with Crippen LogP contribution in [0.15, 0.2) is 91.5 Å². The van der Waals surface area contributed by atoms with Crippen molar-refractivity contribution in [3.05, 3.63) is 103 Å². The first-order chi connectivity index (χ1) is 15.3. The normalized spacial score (nSPS) is 18.1. The Morgan fingerprint density at radius 2 is 1.87 bits per heavy atom. The number of rotatable bonds is 5. The number of ether oxygens (including phenoxy) is 1. The van der Waals surface area contributed by atoms with E-state index in [4.69, 9.17) is 17.0 Å². The van der Waals surface area contributed by atoms with Crippen molar-refractivity contribution < 1.29 is 4.74 Å². The fourth-order valence-electron chi connectivity index (χ4n) is 4.06. The highest BCUT2D eigenvalue weighted by Crippen LogP contribution is 2.42. The average molecular weight is 428 g/mol. The van der Waals surface area contributed by atoms with E-state index in [0.717, 1.165) is 28.5 Å². The molecule has 3 aromatic heterocycles. The van der Waals surface area contributed by atoms with Crippen molar-refractivity contribution in [3.63, 3.8) is 0 Å². The van der Waals surface area contributed by atoms with Gasteiger partial charge in [-0.3, -0.25) is 9.97 Å². The summed E-state index contributed by atoms with van der Waals surface area (Å²) in [5.74, 6) is 0.781. The van der Waals surface area contributed by atoms with E-state index in [-0.39, 0.29) is 12.1 Å². The molecule has 1 aromatic carbocycles. The lowest BCUT2D eigenvalue weighted by atomic mass is 10.0. The van der Waals surface area contributed by atoms with Gasteiger partial charge in [-0.1, -0.05) is 12.1 Å². The maximum atomic E-state index is 5.81. The molecule has 0 saturated carbocycles. The van der Waals surface area contributed by atoms with E-state index in [1.54, 1.807) is 13.3 Å². The predicted octanol–water partition coefficient (Wildman–Crippen LogP) is 4.45. The molecule has 5 rings (SSSR count). The van der Waals surface area contributed by atoms with Crippen LogP contribution in [0.25, 0.3) is 5.69 Å². The molecule has 1 aliphatic heterocycles. The van der Waals surface area contributed by atoms with E-state index in [1.807, 2.05) is 79.3 Å². The molecular formula is C24H21N5OS. The zero-order valence-corrected chi connectivity index (χ0v) is 17.7. The first kappa shape index (κ1) is 19.3. The maximum absolute atomic E-state index is 5.81. The summed E-state index contributed by atoms with van der Waals surface area (Å²) in [6.07, 6.45) is 7.49. The van der Waals surface area contributed by atoms with Gasteiger partial charge in [0, 0.05) is 36.0 Å². The number of benzene rings is 1.